The maximum Gasteiger partial charge on any atom is 0.230 e. The monoisotopic (exact) mass is 438 g/mol. The Hall–Kier alpha value is -1.15. The van der Waals surface area contributed by atoms with Crippen molar-refractivity contribution in [2.45, 2.75) is 94.4 Å². The fourth-order valence-electron chi connectivity index (χ4n) is 4.38. The Morgan fingerprint density at radius 3 is 2.55 bits per heavy atom. The Kier molecular flexibility index (Phi) is 9.24. The highest BCUT2D eigenvalue weighted by molar-refractivity contribution is 8.01. The molecule has 0 radical (unpaired) electrons. The zero-order valence-corrected chi connectivity index (χ0v) is 19.1. The number of rotatable bonds is 9. The Balaban J connectivity index is 1.36. The van der Waals surface area contributed by atoms with Crippen LogP contribution in [-0.2, 0) is 9.59 Å². The maximum atomic E-state index is 12.5. The molecule has 2 N–H and O–H groups in total. The van der Waals surface area contributed by atoms with Crippen LogP contribution >= 0.6 is 23.1 Å². The van der Waals surface area contributed by atoms with E-state index in [1.807, 2.05) is 0 Å². The van der Waals surface area contributed by atoms with E-state index in [0.717, 1.165) is 48.8 Å². The molecule has 162 valence electrons. The lowest BCUT2D eigenvalue weighted by Crippen LogP contribution is -2.37. The van der Waals surface area contributed by atoms with Gasteiger partial charge in [0.05, 0.1) is 5.75 Å². The van der Waals surface area contributed by atoms with Gasteiger partial charge in [0, 0.05) is 12.0 Å². The van der Waals surface area contributed by atoms with Crippen LogP contribution in [0.15, 0.2) is 4.34 Å². The lowest BCUT2D eigenvalue weighted by molar-refractivity contribution is -0.121. The fraction of sp³-hybridized carbons (Fsp3) is 0.810. The number of nitrogens with zero attached hydrogens (tertiary/aromatic N) is 2. The normalized spacial score (nSPS) is 22.9. The predicted octanol–water partition coefficient (Wildman–Crippen LogP) is 5.01. The van der Waals surface area contributed by atoms with Crippen molar-refractivity contribution in [3.63, 3.8) is 0 Å². The molecule has 29 heavy (non-hydrogen) atoms. The summed E-state index contributed by atoms with van der Waals surface area (Å²) < 4.78 is 0.724. The first-order chi connectivity index (χ1) is 14.1. The Morgan fingerprint density at radius 2 is 1.83 bits per heavy atom. The summed E-state index contributed by atoms with van der Waals surface area (Å²) in [5.41, 5.74) is 0. The lowest BCUT2D eigenvalue weighted by Gasteiger charge is -2.27. The van der Waals surface area contributed by atoms with E-state index in [9.17, 15) is 9.59 Å². The maximum absolute atomic E-state index is 12.5. The van der Waals surface area contributed by atoms with Crippen LogP contribution in [-0.4, -0.2) is 33.8 Å². The number of thioether (sulfide) groups is 1. The van der Waals surface area contributed by atoms with E-state index in [0.29, 0.717) is 16.9 Å². The molecular formula is C21H34N4O2S2. The van der Waals surface area contributed by atoms with Gasteiger partial charge in [0.15, 0.2) is 4.34 Å². The molecule has 0 atom stereocenters. The first-order valence-electron chi connectivity index (χ1n) is 11.2. The summed E-state index contributed by atoms with van der Waals surface area (Å²) in [4.78, 5) is 24.7. The number of carbonyl (C=O) groups is 2. The highest BCUT2D eigenvalue weighted by Gasteiger charge is 2.26. The second-order valence-corrected chi connectivity index (χ2v) is 10.6. The van der Waals surface area contributed by atoms with Crippen molar-refractivity contribution in [1.29, 1.82) is 0 Å². The summed E-state index contributed by atoms with van der Waals surface area (Å²) in [5, 5.41) is 14.8. The molecule has 6 nitrogen and oxygen atoms in total. The van der Waals surface area contributed by atoms with E-state index in [4.69, 9.17) is 0 Å². The van der Waals surface area contributed by atoms with Crippen LogP contribution in [0.5, 0.6) is 0 Å². The molecule has 0 bridgehead atoms. The fourth-order valence-corrected chi connectivity index (χ4v) is 5.94. The van der Waals surface area contributed by atoms with Crippen molar-refractivity contribution in [2.24, 2.45) is 11.8 Å². The Bertz CT molecular complexity index is 653. The topological polar surface area (TPSA) is 84.0 Å². The number of anilines is 1. The van der Waals surface area contributed by atoms with Gasteiger partial charge in [-0.15, -0.1) is 10.2 Å². The number of aromatic nitrogens is 2. The molecule has 2 fully saturated rings. The number of hydrogen-bond acceptors (Lipinski definition) is 6. The third-order valence-electron chi connectivity index (χ3n) is 6.12. The van der Waals surface area contributed by atoms with Crippen LogP contribution in [0.4, 0.5) is 5.13 Å². The molecule has 3 rings (SSSR count). The highest BCUT2D eigenvalue weighted by Crippen LogP contribution is 2.33. The first-order valence-corrected chi connectivity index (χ1v) is 13.0. The summed E-state index contributed by atoms with van der Waals surface area (Å²) >= 11 is 2.74. The van der Waals surface area contributed by atoms with E-state index in [1.54, 1.807) is 0 Å². The molecule has 8 heteroatoms. The average Bonchev–Trinajstić information content (AvgIpc) is 3.19. The van der Waals surface area contributed by atoms with Gasteiger partial charge >= 0.3 is 0 Å². The van der Waals surface area contributed by atoms with E-state index in [-0.39, 0.29) is 17.7 Å². The minimum Gasteiger partial charge on any atom is -0.353 e. The molecule has 2 saturated carbocycles. The molecule has 0 aromatic carbocycles. The summed E-state index contributed by atoms with van der Waals surface area (Å²) in [5.74, 6) is 1.36. The molecule has 1 aromatic rings. The van der Waals surface area contributed by atoms with E-state index < -0.39 is 0 Å². The van der Waals surface area contributed by atoms with Gasteiger partial charge in [0.1, 0.15) is 0 Å². The standard InChI is InChI=1S/C21H34N4O2S2/c1-2-3-7-15-10-12-16(13-11-15)19(27)23-20-24-25-21(29-20)28-14-18(26)22-17-8-5-4-6-9-17/h15-17H,2-14H2,1H3,(H,22,26)(H,23,24,27). The van der Waals surface area contributed by atoms with Gasteiger partial charge in [0.2, 0.25) is 16.9 Å². The smallest absolute Gasteiger partial charge is 0.230 e. The minimum atomic E-state index is 0.0579. The third-order valence-corrected chi connectivity index (χ3v) is 8.09. The zero-order chi connectivity index (χ0) is 20.5. The van der Waals surface area contributed by atoms with Crippen LogP contribution in [0.2, 0.25) is 0 Å². The van der Waals surface area contributed by atoms with Crippen LogP contribution < -0.4 is 10.6 Å². The highest BCUT2D eigenvalue weighted by atomic mass is 32.2. The number of carbonyl (C=O) groups excluding carboxylic acids is 2. The molecule has 1 heterocycles. The number of amides is 2. The molecule has 0 saturated heterocycles. The minimum absolute atomic E-state index is 0.0579. The van der Waals surface area contributed by atoms with E-state index >= 15 is 0 Å². The zero-order valence-electron chi connectivity index (χ0n) is 17.5. The third kappa shape index (κ3) is 7.55. The summed E-state index contributed by atoms with van der Waals surface area (Å²) in [6.07, 6.45) is 14.0. The molecule has 0 spiro atoms. The van der Waals surface area contributed by atoms with E-state index in [1.165, 1.54) is 61.6 Å². The first kappa shape index (κ1) is 22.5. The van der Waals surface area contributed by atoms with Gasteiger partial charge in [-0.3, -0.25) is 9.59 Å². The van der Waals surface area contributed by atoms with Gasteiger partial charge in [-0.2, -0.15) is 0 Å². The van der Waals surface area contributed by atoms with Crippen molar-refractivity contribution in [3.8, 4) is 0 Å². The summed E-state index contributed by atoms with van der Waals surface area (Å²) in [6.45, 7) is 2.23. The molecular weight excluding hydrogens is 404 g/mol. The van der Waals surface area contributed by atoms with Gasteiger partial charge < -0.3 is 10.6 Å². The van der Waals surface area contributed by atoms with Crippen LogP contribution in [0.25, 0.3) is 0 Å². The van der Waals surface area contributed by atoms with Crippen LogP contribution in [0, 0.1) is 11.8 Å². The Labute approximate surface area is 182 Å². The quantitative estimate of drug-likeness (QED) is 0.418. The predicted molar refractivity (Wildman–Crippen MR) is 119 cm³/mol. The van der Waals surface area contributed by atoms with Crippen molar-refractivity contribution in [3.05, 3.63) is 0 Å². The molecule has 2 amide bonds. The van der Waals surface area contributed by atoms with Gasteiger partial charge in [-0.1, -0.05) is 68.5 Å². The largest absolute Gasteiger partial charge is 0.353 e. The van der Waals surface area contributed by atoms with Crippen LogP contribution in [0.1, 0.15) is 84.0 Å². The van der Waals surface area contributed by atoms with Crippen molar-refractivity contribution >= 4 is 40.0 Å². The lowest BCUT2D eigenvalue weighted by atomic mass is 9.79. The SMILES string of the molecule is CCCCC1CCC(C(=O)Nc2nnc(SCC(=O)NC3CCCCC3)s2)CC1. The Morgan fingerprint density at radius 1 is 1.07 bits per heavy atom. The van der Waals surface area contributed by atoms with Crippen LogP contribution in [0.3, 0.4) is 0 Å². The molecule has 2 aliphatic rings. The molecule has 0 unspecified atom stereocenters. The summed E-state index contributed by atoms with van der Waals surface area (Å²) in [6, 6.07) is 0.332. The second-order valence-electron chi connectivity index (χ2n) is 8.41. The van der Waals surface area contributed by atoms with Gasteiger partial charge in [0.25, 0.3) is 0 Å². The van der Waals surface area contributed by atoms with Gasteiger partial charge in [-0.25, -0.2) is 0 Å². The molecule has 2 aliphatic carbocycles. The average molecular weight is 439 g/mol. The van der Waals surface area contributed by atoms with Crippen molar-refractivity contribution in [1.82, 2.24) is 15.5 Å². The number of nitrogens with one attached hydrogen (secondary N) is 2. The number of unbranched alkanes of at least 4 members (excludes halogenated alkanes) is 1. The van der Waals surface area contributed by atoms with Crippen molar-refractivity contribution in [2.75, 3.05) is 11.1 Å². The van der Waals surface area contributed by atoms with Crippen molar-refractivity contribution < 1.29 is 9.59 Å². The molecule has 0 aliphatic heterocycles. The second kappa shape index (κ2) is 11.9. The molecule has 1 aromatic heterocycles. The van der Waals surface area contributed by atoms with E-state index in [2.05, 4.69) is 27.8 Å². The van der Waals surface area contributed by atoms with Gasteiger partial charge in [-0.05, 0) is 44.4 Å². The number of hydrogen-bond donors (Lipinski definition) is 2. The summed E-state index contributed by atoms with van der Waals surface area (Å²) in [7, 11) is 0.